The van der Waals surface area contributed by atoms with Crippen molar-refractivity contribution in [2.75, 3.05) is 19.9 Å². The lowest BCUT2D eigenvalue weighted by molar-refractivity contribution is 0.174. The molecule has 0 aliphatic carbocycles. The van der Waals surface area contributed by atoms with E-state index in [0.717, 1.165) is 40.7 Å². The molecule has 112 valence electrons. The van der Waals surface area contributed by atoms with Gasteiger partial charge < -0.3 is 19.9 Å². The molecule has 2 N–H and O–H groups in total. The van der Waals surface area contributed by atoms with Crippen LogP contribution in [-0.2, 0) is 6.42 Å². The molecule has 0 bridgehead atoms. The van der Waals surface area contributed by atoms with Gasteiger partial charge in [0.25, 0.3) is 0 Å². The summed E-state index contributed by atoms with van der Waals surface area (Å²) in [5, 5.41) is 15.5. The summed E-state index contributed by atoms with van der Waals surface area (Å²) in [6.07, 6.45) is 0.549. The molecule has 0 saturated heterocycles. The summed E-state index contributed by atoms with van der Waals surface area (Å²) in [6, 6.07) is 5.88. The quantitative estimate of drug-likeness (QED) is 0.800. The smallest absolute Gasteiger partial charge is 0.231 e. The van der Waals surface area contributed by atoms with Crippen LogP contribution in [0.5, 0.6) is 11.5 Å². The third kappa shape index (κ3) is 3.53. The van der Waals surface area contributed by atoms with Crippen LogP contribution in [0.4, 0.5) is 0 Å². The Morgan fingerprint density at radius 3 is 3.10 bits per heavy atom. The minimum absolute atomic E-state index is 0.288. The van der Waals surface area contributed by atoms with Crippen LogP contribution in [-0.4, -0.2) is 36.1 Å². The molecular formula is C15H18N2O3S. The minimum Gasteiger partial charge on any atom is -0.454 e. The third-order valence-corrected chi connectivity index (χ3v) is 4.08. The van der Waals surface area contributed by atoms with Crippen LogP contribution in [0.1, 0.15) is 11.9 Å². The van der Waals surface area contributed by atoms with Gasteiger partial charge in [-0.25, -0.2) is 4.98 Å². The summed E-state index contributed by atoms with van der Waals surface area (Å²) in [6.45, 7) is 3.49. The molecule has 1 aliphatic heterocycles. The second kappa shape index (κ2) is 6.43. The number of aliphatic hydroxyl groups excluding tert-OH is 1. The lowest BCUT2D eigenvalue weighted by Gasteiger charge is -2.04. The molecule has 1 aromatic heterocycles. The van der Waals surface area contributed by atoms with Gasteiger partial charge in [-0.05, 0) is 25.1 Å². The fraction of sp³-hybridized carbons (Fsp3) is 0.400. The number of nitrogens with zero attached hydrogens (tertiary/aromatic N) is 1. The fourth-order valence-corrected chi connectivity index (χ4v) is 2.93. The van der Waals surface area contributed by atoms with Crippen LogP contribution in [0.25, 0.3) is 11.3 Å². The van der Waals surface area contributed by atoms with Crippen molar-refractivity contribution < 1.29 is 14.6 Å². The van der Waals surface area contributed by atoms with Crippen molar-refractivity contribution in [1.29, 1.82) is 0 Å². The van der Waals surface area contributed by atoms with Crippen molar-refractivity contribution >= 4 is 11.3 Å². The molecule has 0 fully saturated rings. The molecule has 1 aliphatic rings. The molecule has 2 aromatic rings. The molecule has 3 rings (SSSR count). The molecule has 21 heavy (non-hydrogen) atoms. The van der Waals surface area contributed by atoms with E-state index in [-0.39, 0.29) is 12.9 Å². The normalized spacial score (nSPS) is 14.4. The highest BCUT2D eigenvalue weighted by molar-refractivity contribution is 7.09. The first-order chi connectivity index (χ1) is 10.2. The molecule has 0 spiro atoms. The predicted octanol–water partition coefficient (Wildman–Crippen LogP) is 2.05. The molecule has 2 heterocycles. The van der Waals surface area contributed by atoms with Crippen molar-refractivity contribution in [2.24, 2.45) is 0 Å². The average molecular weight is 306 g/mol. The zero-order chi connectivity index (χ0) is 14.7. The summed E-state index contributed by atoms with van der Waals surface area (Å²) < 4.78 is 10.7. The zero-order valence-electron chi connectivity index (χ0n) is 11.8. The van der Waals surface area contributed by atoms with E-state index in [1.54, 1.807) is 18.3 Å². The monoisotopic (exact) mass is 306 g/mol. The first kappa shape index (κ1) is 14.3. The number of nitrogens with one attached hydrogen (secondary N) is 1. The van der Waals surface area contributed by atoms with E-state index in [1.807, 2.05) is 18.2 Å². The van der Waals surface area contributed by atoms with Gasteiger partial charge in [-0.15, -0.1) is 11.3 Å². The van der Waals surface area contributed by atoms with Gasteiger partial charge in [0.15, 0.2) is 11.5 Å². The van der Waals surface area contributed by atoms with E-state index in [9.17, 15) is 5.11 Å². The largest absolute Gasteiger partial charge is 0.454 e. The number of ether oxygens (including phenoxy) is 2. The number of hydrogen-bond donors (Lipinski definition) is 2. The van der Waals surface area contributed by atoms with Crippen molar-refractivity contribution in [1.82, 2.24) is 10.3 Å². The second-order valence-electron chi connectivity index (χ2n) is 5.00. The number of rotatable bonds is 6. The Morgan fingerprint density at radius 2 is 2.24 bits per heavy atom. The number of aromatic nitrogens is 1. The third-order valence-electron chi connectivity index (χ3n) is 3.18. The Hall–Kier alpha value is -1.63. The summed E-state index contributed by atoms with van der Waals surface area (Å²) in [7, 11) is 0. The van der Waals surface area contributed by atoms with E-state index in [1.165, 1.54) is 0 Å². The molecule has 6 heteroatoms. The first-order valence-electron chi connectivity index (χ1n) is 6.95. The Morgan fingerprint density at radius 1 is 1.38 bits per heavy atom. The number of thiazole rings is 1. The van der Waals surface area contributed by atoms with Crippen LogP contribution in [0, 0.1) is 0 Å². The van der Waals surface area contributed by atoms with Crippen molar-refractivity contribution in [3.63, 3.8) is 0 Å². The molecule has 1 unspecified atom stereocenters. The maximum atomic E-state index is 9.18. The van der Waals surface area contributed by atoms with Gasteiger partial charge in [-0.1, -0.05) is 0 Å². The topological polar surface area (TPSA) is 63.6 Å². The van der Waals surface area contributed by atoms with Crippen LogP contribution in [0.2, 0.25) is 0 Å². The number of aliphatic hydroxyl groups is 1. The average Bonchev–Trinajstić information content (AvgIpc) is 3.11. The van der Waals surface area contributed by atoms with E-state index >= 15 is 0 Å². The van der Waals surface area contributed by atoms with E-state index in [0.29, 0.717) is 6.54 Å². The Kier molecular flexibility index (Phi) is 4.38. The van der Waals surface area contributed by atoms with Crippen LogP contribution < -0.4 is 14.8 Å². The van der Waals surface area contributed by atoms with E-state index in [4.69, 9.17) is 9.47 Å². The lowest BCUT2D eigenvalue weighted by Crippen LogP contribution is -2.26. The highest BCUT2D eigenvalue weighted by Gasteiger charge is 2.15. The van der Waals surface area contributed by atoms with Crippen LogP contribution >= 0.6 is 11.3 Å². The number of hydrogen-bond acceptors (Lipinski definition) is 6. The molecule has 5 nitrogen and oxygen atoms in total. The lowest BCUT2D eigenvalue weighted by atomic mass is 10.1. The van der Waals surface area contributed by atoms with E-state index in [2.05, 4.69) is 15.7 Å². The Balaban J connectivity index is 1.62. The Labute approximate surface area is 127 Å². The molecule has 1 atom stereocenters. The highest BCUT2D eigenvalue weighted by atomic mass is 32.1. The van der Waals surface area contributed by atoms with Gasteiger partial charge in [-0.3, -0.25) is 0 Å². The number of fused-ring (bicyclic) bond motifs is 1. The maximum absolute atomic E-state index is 9.18. The summed E-state index contributed by atoms with van der Waals surface area (Å²) in [5.74, 6) is 1.57. The van der Waals surface area contributed by atoms with Crippen LogP contribution in [0.3, 0.4) is 0 Å². The van der Waals surface area contributed by atoms with Crippen molar-refractivity contribution in [3.8, 4) is 22.8 Å². The fourth-order valence-electron chi connectivity index (χ4n) is 2.12. The molecule has 0 radical (unpaired) electrons. The minimum atomic E-state index is -0.314. The molecule has 0 saturated carbocycles. The van der Waals surface area contributed by atoms with Crippen LogP contribution in [0.15, 0.2) is 23.6 Å². The molecule has 0 amide bonds. The maximum Gasteiger partial charge on any atom is 0.231 e. The highest BCUT2D eigenvalue weighted by Crippen LogP contribution is 2.36. The summed E-state index contributed by atoms with van der Waals surface area (Å²) in [4.78, 5) is 4.64. The first-order valence-corrected chi connectivity index (χ1v) is 7.83. The summed E-state index contributed by atoms with van der Waals surface area (Å²) in [5.41, 5.74) is 2.00. The van der Waals surface area contributed by atoms with E-state index < -0.39 is 0 Å². The zero-order valence-corrected chi connectivity index (χ0v) is 12.7. The summed E-state index contributed by atoms with van der Waals surface area (Å²) >= 11 is 1.65. The number of benzene rings is 1. The van der Waals surface area contributed by atoms with Gasteiger partial charge in [0.05, 0.1) is 16.8 Å². The SMILES string of the molecule is CC(O)CNCCc1nc(-c2ccc3c(c2)OCO3)cs1. The van der Waals surface area contributed by atoms with Crippen molar-refractivity contribution in [3.05, 3.63) is 28.6 Å². The van der Waals surface area contributed by atoms with Gasteiger partial charge in [0, 0.05) is 30.5 Å². The van der Waals surface area contributed by atoms with Gasteiger partial charge in [0.2, 0.25) is 6.79 Å². The van der Waals surface area contributed by atoms with Gasteiger partial charge in [-0.2, -0.15) is 0 Å². The predicted molar refractivity (Wildman–Crippen MR) is 81.9 cm³/mol. The second-order valence-corrected chi connectivity index (χ2v) is 5.94. The van der Waals surface area contributed by atoms with Gasteiger partial charge >= 0.3 is 0 Å². The Bertz CT molecular complexity index is 613. The molecule has 1 aromatic carbocycles. The van der Waals surface area contributed by atoms with Gasteiger partial charge in [0.1, 0.15) is 0 Å². The molecular weight excluding hydrogens is 288 g/mol. The van der Waals surface area contributed by atoms with Crippen molar-refractivity contribution in [2.45, 2.75) is 19.4 Å². The standard InChI is InChI=1S/C15H18N2O3S/c1-10(18)7-16-5-4-15-17-12(8-21-15)11-2-3-13-14(6-11)20-9-19-13/h2-3,6,8,10,16,18H,4-5,7,9H2,1H3.